The zero-order chi connectivity index (χ0) is 12.1. The molecule has 2 N–H and O–H groups in total. The molecular formula is C15H23N. The first kappa shape index (κ1) is 11.7. The monoisotopic (exact) mass is 217 g/mol. The van der Waals surface area contributed by atoms with E-state index >= 15 is 0 Å². The third-order valence-electron chi connectivity index (χ3n) is 4.14. The second-order valence-corrected chi connectivity index (χ2v) is 6.08. The Hall–Kier alpha value is -0.820. The van der Waals surface area contributed by atoms with Gasteiger partial charge in [-0.3, -0.25) is 0 Å². The maximum absolute atomic E-state index is 6.38. The summed E-state index contributed by atoms with van der Waals surface area (Å²) in [6.07, 6.45) is 2.47. The Morgan fingerprint density at radius 1 is 1.06 bits per heavy atom. The highest BCUT2D eigenvalue weighted by molar-refractivity contribution is 5.48. The summed E-state index contributed by atoms with van der Waals surface area (Å²) in [6.45, 7) is 10.9. The van der Waals surface area contributed by atoms with Crippen molar-refractivity contribution in [2.75, 3.05) is 0 Å². The zero-order valence-corrected chi connectivity index (χ0v) is 11.1. The topological polar surface area (TPSA) is 26.0 Å². The van der Waals surface area contributed by atoms with Gasteiger partial charge in [0, 0.05) is 11.0 Å². The second kappa shape index (κ2) is 3.33. The molecule has 1 fully saturated rings. The summed E-state index contributed by atoms with van der Waals surface area (Å²) >= 11 is 0. The second-order valence-electron chi connectivity index (χ2n) is 6.08. The van der Waals surface area contributed by atoms with Crippen molar-refractivity contribution >= 4 is 0 Å². The molecule has 1 nitrogen and oxygen atoms in total. The molecule has 1 aromatic carbocycles. The Labute approximate surface area is 99.0 Å². The van der Waals surface area contributed by atoms with Crippen LogP contribution in [0.25, 0.3) is 0 Å². The van der Waals surface area contributed by atoms with E-state index in [9.17, 15) is 0 Å². The summed E-state index contributed by atoms with van der Waals surface area (Å²) in [7, 11) is 0. The van der Waals surface area contributed by atoms with Crippen LogP contribution in [0, 0.1) is 20.8 Å². The molecule has 0 aliphatic heterocycles. The molecule has 0 spiro atoms. The summed E-state index contributed by atoms with van der Waals surface area (Å²) in [5.74, 6) is 0. The van der Waals surface area contributed by atoms with Crippen LogP contribution in [-0.2, 0) is 5.41 Å². The standard InChI is InChI=1S/C15H23N/c1-10-8-11(2)13(12(3)9-10)15(6-7-15)14(4,5)16/h8-9H,6-7,16H2,1-5H3. The van der Waals surface area contributed by atoms with E-state index < -0.39 is 0 Å². The van der Waals surface area contributed by atoms with Crippen molar-refractivity contribution in [1.29, 1.82) is 0 Å². The van der Waals surface area contributed by atoms with E-state index in [1.54, 1.807) is 0 Å². The third-order valence-corrected chi connectivity index (χ3v) is 4.14. The molecule has 1 heteroatoms. The highest BCUT2D eigenvalue weighted by atomic mass is 14.8. The fraction of sp³-hybridized carbons (Fsp3) is 0.600. The van der Waals surface area contributed by atoms with Crippen LogP contribution in [-0.4, -0.2) is 5.54 Å². The van der Waals surface area contributed by atoms with E-state index in [4.69, 9.17) is 5.73 Å². The van der Waals surface area contributed by atoms with Crippen molar-refractivity contribution in [3.8, 4) is 0 Å². The van der Waals surface area contributed by atoms with Gasteiger partial charge in [-0.15, -0.1) is 0 Å². The van der Waals surface area contributed by atoms with E-state index in [1.807, 2.05) is 0 Å². The normalized spacial score (nSPS) is 18.6. The molecule has 0 unspecified atom stereocenters. The Balaban J connectivity index is 2.58. The minimum absolute atomic E-state index is 0.113. The molecule has 1 aliphatic rings. The van der Waals surface area contributed by atoms with E-state index in [2.05, 4.69) is 46.8 Å². The molecule has 0 radical (unpaired) electrons. The predicted octanol–water partition coefficient (Wildman–Crippen LogP) is 3.38. The van der Waals surface area contributed by atoms with Crippen LogP contribution < -0.4 is 5.73 Å². The summed E-state index contributed by atoms with van der Waals surface area (Å²) in [6, 6.07) is 4.57. The number of rotatable bonds is 2. The first-order valence-electron chi connectivity index (χ1n) is 6.15. The molecule has 2 rings (SSSR count). The first-order chi connectivity index (χ1) is 7.28. The molecule has 88 valence electrons. The third kappa shape index (κ3) is 1.58. The minimum Gasteiger partial charge on any atom is -0.325 e. The molecule has 0 saturated heterocycles. The zero-order valence-electron chi connectivity index (χ0n) is 11.1. The van der Waals surface area contributed by atoms with E-state index in [-0.39, 0.29) is 11.0 Å². The van der Waals surface area contributed by atoms with Gasteiger partial charge in [0.2, 0.25) is 0 Å². The van der Waals surface area contributed by atoms with E-state index in [0.717, 1.165) is 0 Å². The van der Waals surface area contributed by atoms with Gasteiger partial charge in [-0.1, -0.05) is 17.7 Å². The van der Waals surface area contributed by atoms with Crippen molar-refractivity contribution in [2.24, 2.45) is 5.73 Å². The van der Waals surface area contributed by atoms with Gasteiger partial charge >= 0.3 is 0 Å². The van der Waals surface area contributed by atoms with Crippen LogP contribution in [0.15, 0.2) is 12.1 Å². The van der Waals surface area contributed by atoms with Gasteiger partial charge < -0.3 is 5.73 Å². The quantitative estimate of drug-likeness (QED) is 0.807. The molecule has 0 heterocycles. The maximum Gasteiger partial charge on any atom is 0.0195 e. The average Bonchev–Trinajstić information content (AvgIpc) is 2.81. The van der Waals surface area contributed by atoms with Gasteiger partial charge in [-0.25, -0.2) is 0 Å². The van der Waals surface area contributed by atoms with Gasteiger partial charge in [-0.2, -0.15) is 0 Å². The van der Waals surface area contributed by atoms with Crippen LogP contribution in [0.1, 0.15) is 48.9 Å². The van der Waals surface area contributed by atoms with Gasteiger partial charge in [0.1, 0.15) is 0 Å². The summed E-state index contributed by atoms with van der Waals surface area (Å²) in [5.41, 5.74) is 12.2. The van der Waals surface area contributed by atoms with E-state index in [1.165, 1.54) is 35.1 Å². The molecule has 0 atom stereocenters. The first-order valence-corrected chi connectivity index (χ1v) is 6.15. The fourth-order valence-electron chi connectivity index (χ4n) is 3.28. The summed E-state index contributed by atoms with van der Waals surface area (Å²) < 4.78 is 0. The Bertz CT molecular complexity index is 397. The maximum atomic E-state index is 6.38. The molecule has 0 amide bonds. The van der Waals surface area contributed by atoms with Crippen molar-refractivity contribution < 1.29 is 0 Å². The highest BCUT2D eigenvalue weighted by Crippen LogP contribution is 2.56. The highest BCUT2D eigenvalue weighted by Gasteiger charge is 2.54. The summed E-state index contributed by atoms with van der Waals surface area (Å²) in [5, 5.41) is 0. The van der Waals surface area contributed by atoms with Gasteiger partial charge in [0.25, 0.3) is 0 Å². The number of hydrogen-bond donors (Lipinski definition) is 1. The van der Waals surface area contributed by atoms with Crippen LogP contribution in [0.3, 0.4) is 0 Å². The largest absolute Gasteiger partial charge is 0.325 e. The van der Waals surface area contributed by atoms with Crippen LogP contribution in [0.4, 0.5) is 0 Å². The van der Waals surface area contributed by atoms with Crippen molar-refractivity contribution in [1.82, 2.24) is 0 Å². The SMILES string of the molecule is Cc1cc(C)c(C2(C(C)(C)N)CC2)c(C)c1. The van der Waals surface area contributed by atoms with Crippen molar-refractivity contribution in [2.45, 2.75) is 58.4 Å². The van der Waals surface area contributed by atoms with Crippen molar-refractivity contribution in [3.63, 3.8) is 0 Å². The Morgan fingerprint density at radius 3 is 1.81 bits per heavy atom. The molecule has 1 saturated carbocycles. The lowest BCUT2D eigenvalue weighted by Gasteiger charge is -2.34. The van der Waals surface area contributed by atoms with Crippen LogP contribution in [0.5, 0.6) is 0 Å². The predicted molar refractivity (Wildman–Crippen MR) is 69.8 cm³/mol. The lowest BCUT2D eigenvalue weighted by molar-refractivity contribution is 0.389. The molecular weight excluding hydrogens is 194 g/mol. The van der Waals surface area contributed by atoms with Crippen LogP contribution >= 0.6 is 0 Å². The molecule has 1 aliphatic carbocycles. The number of aryl methyl sites for hydroxylation is 3. The fourth-order valence-corrected chi connectivity index (χ4v) is 3.28. The van der Waals surface area contributed by atoms with Gasteiger partial charge in [0.05, 0.1) is 0 Å². The number of hydrogen-bond acceptors (Lipinski definition) is 1. The molecule has 1 aromatic rings. The summed E-state index contributed by atoms with van der Waals surface area (Å²) in [4.78, 5) is 0. The lowest BCUT2D eigenvalue weighted by atomic mass is 9.75. The van der Waals surface area contributed by atoms with Gasteiger partial charge in [-0.05, 0) is 64.2 Å². The average molecular weight is 217 g/mol. The molecule has 0 bridgehead atoms. The Morgan fingerprint density at radius 2 is 1.50 bits per heavy atom. The Kier molecular flexibility index (Phi) is 2.43. The van der Waals surface area contributed by atoms with Gasteiger partial charge in [0.15, 0.2) is 0 Å². The van der Waals surface area contributed by atoms with Crippen LogP contribution in [0.2, 0.25) is 0 Å². The smallest absolute Gasteiger partial charge is 0.0195 e. The number of nitrogens with two attached hydrogens (primary N) is 1. The number of benzene rings is 1. The molecule has 16 heavy (non-hydrogen) atoms. The van der Waals surface area contributed by atoms with Crippen molar-refractivity contribution in [3.05, 3.63) is 34.4 Å². The minimum atomic E-state index is -0.113. The molecule has 0 aromatic heterocycles. The van der Waals surface area contributed by atoms with E-state index in [0.29, 0.717) is 0 Å². The lowest BCUT2D eigenvalue weighted by Crippen LogP contribution is -2.45.